The van der Waals surface area contributed by atoms with Crippen molar-refractivity contribution in [3.8, 4) is 0 Å². The highest BCUT2D eigenvalue weighted by molar-refractivity contribution is 5.73. The molecule has 0 spiro atoms. The summed E-state index contributed by atoms with van der Waals surface area (Å²) < 4.78 is 0. The topological polar surface area (TPSA) is 53.2 Å². The van der Waals surface area contributed by atoms with E-state index in [9.17, 15) is 4.79 Å². The van der Waals surface area contributed by atoms with Crippen LogP contribution in [-0.4, -0.2) is 31.7 Å². The second-order valence-electron chi connectivity index (χ2n) is 3.64. The molecule has 0 aromatic rings. The van der Waals surface area contributed by atoms with E-state index >= 15 is 0 Å². The van der Waals surface area contributed by atoms with Gasteiger partial charge in [0.1, 0.15) is 0 Å². The molecular formula is C9H19N3O. The van der Waals surface area contributed by atoms with Gasteiger partial charge in [0.25, 0.3) is 0 Å². The van der Waals surface area contributed by atoms with Gasteiger partial charge < -0.3 is 16.0 Å². The molecule has 4 heteroatoms. The van der Waals surface area contributed by atoms with E-state index in [1.807, 2.05) is 6.92 Å². The van der Waals surface area contributed by atoms with Crippen molar-refractivity contribution in [1.29, 1.82) is 0 Å². The predicted octanol–water partition coefficient (Wildman–Crippen LogP) is 0.446. The van der Waals surface area contributed by atoms with Crippen LogP contribution in [0.5, 0.6) is 0 Å². The summed E-state index contributed by atoms with van der Waals surface area (Å²) in [5.41, 5.74) is 0. The van der Waals surface area contributed by atoms with Crippen molar-refractivity contribution >= 4 is 6.03 Å². The maximum Gasteiger partial charge on any atom is 0.314 e. The highest BCUT2D eigenvalue weighted by Crippen LogP contribution is 2.10. The van der Waals surface area contributed by atoms with Crippen molar-refractivity contribution in [2.75, 3.05) is 13.6 Å². The van der Waals surface area contributed by atoms with Gasteiger partial charge in [-0.25, -0.2) is 4.79 Å². The van der Waals surface area contributed by atoms with Crippen molar-refractivity contribution in [2.24, 2.45) is 0 Å². The lowest BCUT2D eigenvalue weighted by Crippen LogP contribution is -2.44. The predicted molar refractivity (Wildman–Crippen MR) is 52.7 cm³/mol. The van der Waals surface area contributed by atoms with Crippen molar-refractivity contribution < 1.29 is 4.79 Å². The molecule has 0 radical (unpaired) electrons. The van der Waals surface area contributed by atoms with Crippen LogP contribution in [0, 0.1) is 0 Å². The van der Waals surface area contributed by atoms with Gasteiger partial charge in [-0.1, -0.05) is 0 Å². The first-order valence-corrected chi connectivity index (χ1v) is 4.94. The summed E-state index contributed by atoms with van der Waals surface area (Å²) in [6, 6.07) is 0.866. The molecule has 0 aliphatic carbocycles. The highest BCUT2D eigenvalue weighted by Gasteiger charge is 2.17. The van der Waals surface area contributed by atoms with E-state index in [4.69, 9.17) is 0 Å². The Balaban J connectivity index is 2.02. The van der Waals surface area contributed by atoms with Crippen molar-refractivity contribution in [1.82, 2.24) is 16.0 Å². The number of hydrogen-bond acceptors (Lipinski definition) is 2. The second kappa shape index (κ2) is 5.07. The summed E-state index contributed by atoms with van der Waals surface area (Å²) >= 11 is 0. The molecule has 4 nitrogen and oxygen atoms in total. The van der Waals surface area contributed by atoms with Crippen LogP contribution in [0.4, 0.5) is 4.79 Å². The zero-order valence-corrected chi connectivity index (χ0v) is 8.39. The lowest BCUT2D eigenvalue weighted by molar-refractivity contribution is 0.237. The van der Waals surface area contributed by atoms with E-state index in [0.29, 0.717) is 6.04 Å². The number of urea groups is 1. The van der Waals surface area contributed by atoms with E-state index in [1.165, 1.54) is 6.42 Å². The minimum Gasteiger partial charge on any atom is -0.341 e. The molecule has 2 atom stereocenters. The van der Waals surface area contributed by atoms with E-state index in [2.05, 4.69) is 16.0 Å². The van der Waals surface area contributed by atoms with Gasteiger partial charge in [-0.05, 0) is 32.7 Å². The Labute approximate surface area is 79.5 Å². The largest absolute Gasteiger partial charge is 0.341 e. The van der Waals surface area contributed by atoms with Gasteiger partial charge in [-0.3, -0.25) is 0 Å². The van der Waals surface area contributed by atoms with Crippen molar-refractivity contribution in [3.63, 3.8) is 0 Å². The Morgan fingerprint density at radius 3 is 2.85 bits per heavy atom. The number of carbonyl (C=O) groups is 1. The van der Waals surface area contributed by atoms with E-state index in [0.717, 1.165) is 19.4 Å². The number of amides is 2. The first-order valence-electron chi connectivity index (χ1n) is 4.94. The van der Waals surface area contributed by atoms with Gasteiger partial charge in [0.05, 0.1) is 0 Å². The summed E-state index contributed by atoms with van der Waals surface area (Å²) in [7, 11) is 1.63. The van der Waals surface area contributed by atoms with Crippen LogP contribution in [0.25, 0.3) is 0 Å². The maximum atomic E-state index is 10.9. The SMILES string of the molecule is CNC(=O)NC(C)CCC1CCN1. The molecule has 76 valence electrons. The lowest BCUT2D eigenvalue weighted by Gasteiger charge is -2.28. The summed E-state index contributed by atoms with van der Waals surface area (Å²) in [5, 5.41) is 8.74. The van der Waals surface area contributed by atoms with Crippen LogP contribution in [0.3, 0.4) is 0 Å². The molecule has 1 rings (SSSR count). The smallest absolute Gasteiger partial charge is 0.314 e. The summed E-state index contributed by atoms with van der Waals surface area (Å²) in [5.74, 6) is 0. The molecule has 1 heterocycles. The maximum absolute atomic E-state index is 10.9. The zero-order chi connectivity index (χ0) is 9.68. The van der Waals surface area contributed by atoms with Crippen LogP contribution in [-0.2, 0) is 0 Å². The molecule has 0 saturated carbocycles. The molecule has 1 aliphatic rings. The molecular weight excluding hydrogens is 166 g/mol. The first-order chi connectivity index (χ1) is 6.22. The summed E-state index contributed by atoms with van der Waals surface area (Å²) in [6.07, 6.45) is 3.49. The highest BCUT2D eigenvalue weighted by atomic mass is 16.2. The minimum atomic E-state index is -0.0888. The molecule has 0 aromatic heterocycles. The van der Waals surface area contributed by atoms with Crippen molar-refractivity contribution in [3.05, 3.63) is 0 Å². The van der Waals surface area contributed by atoms with Crippen LogP contribution >= 0.6 is 0 Å². The quantitative estimate of drug-likeness (QED) is 0.595. The number of rotatable bonds is 4. The second-order valence-corrected chi connectivity index (χ2v) is 3.64. The molecule has 0 bridgehead atoms. The molecule has 13 heavy (non-hydrogen) atoms. The fourth-order valence-corrected chi connectivity index (χ4v) is 1.41. The third-order valence-corrected chi connectivity index (χ3v) is 2.48. The Hall–Kier alpha value is -0.770. The van der Waals surface area contributed by atoms with Crippen molar-refractivity contribution in [2.45, 2.75) is 38.3 Å². The fraction of sp³-hybridized carbons (Fsp3) is 0.889. The Morgan fingerprint density at radius 1 is 1.69 bits per heavy atom. The average molecular weight is 185 g/mol. The fourth-order valence-electron chi connectivity index (χ4n) is 1.41. The molecule has 0 aromatic carbocycles. The van der Waals surface area contributed by atoms with E-state index < -0.39 is 0 Å². The Morgan fingerprint density at radius 2 is 2.38 bits per heavy atom. The van der Waals surface area contributed by atoms with Crippen LogP contribution < -0.4 is 16.0 Å². The van der Waals surface area contributed by atoms with Gasteiger partial charge in [0.2, 0.25) is 0 Å². The molecule has 1 aliphatic heterocycles. The van der Waals surface area contributed by atoms with Crippen LogP contribution in [0.15, 0.2) is 0 Å². The Kier molecular flexibility index (Phi) is 4.02. The number of hydrogen-bond donors (Lipinski definition) is 3. The third-order valence-electron chi connectivity index (χ3n) is 2.48. The average Bonchev–Trinajstić information content (AvgIpc) is 2.01. The normalized spacial score (nSPS) is 23.1. The summed E-state index contributed by atoms with van der Waals surface area (Å²) in [4.78, 5) is 10.9. The molecule has 2 unspecified atom stereocenters. The molecule has 1 fully saturated rings. The lowest BCUT2D eigenvalue weighted by atomic mass is 9.99. The standard InChI is InChI=1S/C9H19N3O/c1-7(12-9(13)10-2)3-4-8-5-6-11-8/h7-8,11H,3-6H2,1-2H3,(H2,10,12,13). The van der Waals surface area contributed by atoms with Gasteiger partial charge >= 0.3 is 6.03 Å². The minimum absolute atomic E-state index is 0.0888. The molecule has 3 N–H and O–H groups in total. The first kappa shape index (κ1) is 10.3. The van der Waals surface area contributed by atoms with Gasteiger partial charge in [-0.15, -0.1) is 0 Å². The van der Waals surface area contributed by atoms with E-state index in [1.54, 1.807) is 7.05 Å². The number of nitrogens with one attached hydrogen (secondary N) is 3. The van der Waals surface area contributed by atoms with Gasteiger partial charge in [0.15, 0.2) is 0 Å². The van der Waals surface area contributed by atoms with Gasteiger partial charge in [-0.2, -0.15) is 0 Å². The van der Waals surface area contributed by atoms with Crippen LogP contribution in [0.1, 0.15) is 26.2 Å². The van der Waals surface area contributed by atoms with Gasteiger partial charge in [0, 0.05) is 19.1 Å². The third kappa shape index (κ3) is 3.63. The van der Waals surface area contributed by atoms with Crippen LogP contribution in [0.2, 0.25) is 0 Å². The monoisotopic (exact) mass is 185 g/mol. The molecule has 2 amide bonds. The Bertz CT molecular complexity index is 168. The zero-order valence-electron chi connectivity index (χ0n) is 8.39. The molecule has 1 saturated heterocycles. The van der Waals surface area contributed by atoms with E-state index in [-0.39, 0.29) is 12.1 Å². The summed E-state index contributed by atoms with van der Waals surface area (Å²) in [6.45, 7) is 3.19. The number of carbonyl (C=O) groups excluding carboxylic acids is 1.